The molecule has 0 aliphatic carbocycles. The van der Waals surface area contributed by atoms with Crippen molar-refractivity contribution in [1.29, 1.82) is 0 Å². The Morgan fingerprint density at radius 2 is 1.80 bits per heavy atom. The third kappa shape index (κ3) is 3.06. The number of rotatable bonds is 2. The minimum absolute atomic E-state index is 0.0724. The molecule has 0 saturated heterocycles. The molecule has 2 N–H and O–H groups in total. The molecule has 0 aromatic heterocycles. The monoisotopic (exact) mass is 309 g/mol. The van der Waals surface area contributed by atoms with Crippen molar-refractivity contribution >= 4 is 34.8 Å². The van der Waals surface area contributed by atoms with E-state index in [1.807, 2.05) is 13.8 Å². The van der Waals surface area contributed by atoms with Gasteiger partial charge >= 0.3 is 0 Å². The van der Waals surface area contributed by atoms with Gasteiger partial charge in [-0.1, -0.05) is 29.3 Å². The second kappa shape index (κ2) is 5.73. The number of halogens is 2. The average molecular weight is 310 g/mol. The van der Waals surface area contributed by atoms with Gasteiger partial charge in [-0.25, -0.2) is 0 Å². The van der Waals surface area contributed by atoms with Crippen LogP contribution < -0.4 is 5.32 Å². The Kier molecular flexibility index (Phi) is 4.21. The highest BCUT2D eigenvalue weighted by atomic mass is 35.5. The normalized spacial score (nSPS) is 10.4. The number of anilines is 1. The molecule has 2 rings (SSSR count). The van der Waals surface area contributed by atoms with Crippen LogP contribution in [-0.4, -0.2) is 11.0 Å². The van der Waals surface area contributed by atoms with Gasteiger partial charge in [0.05, 0.1) is 16.3 Å². The number of phenolic OH excluding ortho intramolecular Hbond substituents is 1. The Bertz CT molecular complexity index is 684. The zero-order chi connectivity index (χ0) is 14.9. The molecule has 0 aliphatic heterocycles. The van der Waals surface area contributed by atoms with Crippen molar-refractivity contribution in [2.45, 2.75) is 13.8 Å². The summed E-state index contributed by atoms with van der Waals surface area (Å²) < 4.78 is 0. The van der Waals surface area contributed by atoms with Crippen molar-refractivity contribution in [2.24, 2.45) is 0 Å². The second-order valence-corrected chi connectivity index (χ2v) is 5.37. The molecular weight excluding hydrogens is 297 g/mol. The third-order valence-electron chi connectivity index (χ3n) is 2.89. The zero-order valence-corrected chi connectivity index (χ0v) is 12.5. The largest absolute Gasteiger partial charge is 0.507 e. The van der Waals surface area contributed by atoms with E-state index in [2.05, 4.69) is 5.32 Å². The minimum atomic E-state index is -0.440. The Morgan fingerprint density at radius 3 is 2.45 bits per heavy atom. The summed E-state index contributed by atoms with van der Waals surface area (Å²) in [5.74, 6) is -0.513. The number of nitrogens with one attached hydrogen (secondary N) is 1. The topological polar surface area (TPSA) is 49.3 Å². The average Bonchev–Trinajstić information content (AvgIpc) is 2.35. The molecule has 0 fully saturated rings. The van der Waals surface area contributed by atoms with E-state index in [9.17, 15) is 9.90 Å². The van der Waals surface area contributed by atoms with Crippen LogP contribution in [0.15, 0.2) is 30.3 Å². The molecule has 0 aliphatic rings. The predicted molar refractivity (Wildman–Crippen MR) is 82.0 cm³/mol. The lowest BCUT2D eigenvalue weighted by Crippen LogP contribution is -2.12. The van der Waals surface area contributed by atoms with Crippen LogP contribution in [0.25, 0.3) is 0 Å². The van der Waals surface area contributed by atoms with Gasteiger partial charge < -0.3 is 10.4 Å². The summed E-state index contributed by atoms with van der Waals surface area (Å²) in [7, 11) is 0. The first-order chi connectivity index (χ1) is 9.38. The van der Waals surface area contributed by atoms with E-state index in [1.54, 1.807) is 24.3 Å². The Morgan fingerprint density at radius 1 is 1.10 bits per heavy atom. The number of benzene rings is 2. The highest BCUT2D eigenvalue weighted by molar-refractivity contribution is 6.36. The van der Waals surface area contributed by atoms with E-state index < -0.39 is 5.91 Å². The van der Waals surface area contributed by atoms with Gasteiger partial charge in [-0.05, 0) is 49.2 Å². The van der Waals surface area contributed by atoms with Crippen molar-refractivity contribution in [3.8, 4) is 5.75 Å². The predicted octanol–water partition coefficient (Wildman–Crippen LogP) is 4.57. The molecule has 1 amide bonds. The molecule has 0 unspecified atom stereocenters. The summed E-state index contributed by atoms with van der Waals surface area (Å²) in [4.78, 5) is 12.1. The maximum Gasteiger partial charge on any atom is 0.259 e. The van der Waals surface area contributed by atoms with Crippen molar-refractivity contribution < 1.29 is 9.90 Å². The maximum atomic E-state index is 12.1. The van der Waals surface area contributed by atoms with Gasteiger partial charge in [-0.2, -0.15) is 0 Å². The fourth-order valence-corrected chi connectivity index (χ4v) is 2.19. The SMILES string of the molecule is Cc1ccc(C(=O)Nc2cc(Cl)c(C)cc2Cl)c(O)c1. The van der Waals surface area contributed by atoms with Gasteiger partial charge in [-0.3, -0.25) is 4.79 Å². The van der Waals surface area contributed by atoms with E-state index in [4.69, 9.17) is 23.2 Å². The Labute approximate surface area is 127 Å². The fraction of sp³-hybridized carbons (Fsp3) is 0.133. The Balaban J connectivity index is 2.30. The van der Waals surface area contributed by atoms with E-state index in [1.165, 1.54) is 6.07 Å². The van der Waals surface area contributed by atoms with E-state index >= 15 is 0 Å². The first kappa shape index (κ1) is 14.7. The molecule has 0 spiro atoms. The van der Waals surface area contributed by atoms with Gasteiger partial charge in [0.1, 0.15) is 5.75 Å². The van der Waals surface area contributed by atoms with Gasteiger partial charge in [0.25, 0.3) is 5.91 Å². The summed E-state index contributed by atoms with van der Waals surface area (Å²) in [5, 5.41) is 13.3. The summed E-state index contributed by atoms with van der Waals surface area (Å²) in [6.45, 7) is 3.66. The van der Waals surface area contributed by atoms with Crippen molar-refractivity contribution in [1.82, 2.24) is 0 Å². The molecule has 20 heavy (non-hydrogen) atoms. The first-order valence-electron chi connectivity index (χ1n) is 5.95. The Hall–Kier alpha value is -1.71. The maximum absolute atomic E-state index is 12.1. The number of carbonyl (C=O) groups excluding carboxylic acids is 1. The molecular formula is C15H13Cl2NO2. The van der Waals surface area contributed by atoms with E-state index in [-0.39, 0.29) is 11.3 Å². The summed E-state index contributed by atoms with van der Waals surface area (Å²) in [6.07, 6.45) is 0. The quantitative estimate of drug-likeness (QED) is 0.853. The lowest BCUT2D eigenvalue weighted by Gasteiger charge is -2.10. The molecule has 0 atom stereocenters. The smallest absolute Gasteiger partial charge is 0.259 e. The molecule has 2 aromatic carbocycles. The van der Waals surface area contributed by atoms with Crippen molar-refractivity contribution in [2.75, 3.05) is 5.32 Å². The van der Waals surface area contributed by atoms with Crippen molar-refractivity contribution in [3.63, 3.8) is 0 Å². The number of hydrogen-bond acceptors (Lipinski definition) is 2. The summed E-state index contributed by atoms with van der Waals surface area (Å²) >= 11 is 12.1. The number of amides is 1. The van der Waals surface area contributed by atoms with Crippen LogP contribution in [0.5, 0.6) is 5.75 Å². The number of aromatic hydroxyl groups is 1. The van der Waals surface area contributed by atoms with Crippen LogP contribution in [0.1, 0.15) is 21.5 Å². The van der Waals surface area contributed by atoms with Crippen LogP contribution in [0.4, 0.5) is 5.69 Å². The molecule has 0 radical (unpaired) electrons. The van der Waals surface area contributed by atoms with Crippen LogP contribution in [0.3, 0.4) is 0 Å². The highest BCUT2D eigenvalue weighted by Crippen LogP contribution is 2.29. The van der Waals surface area contributed by atoms with Crippen molar-refractivity contribution in [3.05, 3.63) is 57.1 Å². The minimum Gasteiger partial charge on any atom is -0.507 e. The van der Waals surface area contributed by atoms with Gasteiger partial charge in [0.2, 0.25) is 0 Å². The van der Waals surface area contributed by atoms with Gasteiger partial charge in [0.15, 0.2) is 0 Å². The van der Waals surface area contributed by atoms with Crippen LogP contribution in [0.2, 0.25) is 10.0 Å². The molecule has 5 heteroatoms. The molecule has 104 valence electrons. The fourth-order valence-electron chi connectivity index (χ4n) is 1.77. The zero-order valence-electron chi connectivity index (χ0n) is 11.0. The lowest BCUT2D eigenvalue weighted by molar-refractivity contribution is 0.102. The highest BCUT2D eigenvalue weighted by Gasteiger charge is 2.13. The number of phenols is 1. The molecule has 3 nitrogen and oxygen atoms in total. The van der Waals surface area contributed by atoms with E-state index in [0.717, 1.165) is 11.1 Å². The molecule has 2 aromatic rings. The van der Waals surface area contributed by atoms with Crippen LogP contribution in [0, 0.1) is 13.8 Å². The number of carbonyl (C=O) groups is 1. The summed E-state index contributed by atoms with van der Waals surface area (Å²) in [6, 6.07) is 8.09. The molecule has 0 bridgehead atoms. The van der Waals surface area contributed by atoms with Crippen LogP contribution in [-0.2, 0) is 0 Å². The standard InChI is InChI=1S/C15H13Cl2NO2/c1-8-3-4-10(14(19)5-8)15(20)18-13-7-11(16)9(2)6-12(13)17/h3-7,19H,1-2H3,(H,18,20). The number of aryl methyl sites for hydroxylation is 2. The number of hydrogen-bond donors (Lipinski definition) is 2. The third-order valence-corrected chi connectivity index (χ3v) is 3.61. The summed E-state index contributed by atoms with van der Waals surface area (Å²) in [5.41, 5.74) is 2.29. The molecule has 0 heterocycles. The van der Waals surface area contributed by atoms with Gasteiger partial charge in [0, 0.05) is 5.02 Å². The van der Waals surface area contributed by atoms with Crippen LogP contribution >= 0.6 is 23.2 Å². The van der Waals surface area contributed by atoms with E-state index in [0.29, 0.717) is 15.7 Å². The first-order valence-corrected chi connectivity index (χ1v) is 6.70. The van der Waals surface area contributed by atoms with Gasteiger partial charge in [-0.15, -0.1) is 0 Å². The second-order valence-electron chi connectivity index (χ2n) is 4.56. The lowest BCUT2D eigenvalue weighted by atomic mass is 10.1. The molecule has 0 saturated carbocycles.